The number of nitrogens with one attached hydrogen (secondary N) is 1. The molecule has 29 heavy (non-hydrogen) atoms. The van der Waals surface area contributed by atoms with Crippen molar-refractivity contribution in [1.82, 2.24) is 19.4 Å². The van der Waals surface area contributed by atoms with Gasteiger partial charge < -0.3 is 14.5 Å². The summed E-state index contributed by atoms with van der Waals surface area (Å²) in [6, 6.07) is 14.2. The molecule has 0 spiro atoms. The van der Waals surface area contributed by atoms with Crippen LogP contribution in [0.2, 0.25) is 0 Å². The van der Waals surface area contributed by atoms with Crippen molar-refractivity contribution in [1.29, 1.82) is 0 Å². The van der Waals surface area contributed by atoms with Crippen LogP contribution in [0.1, 0.15) is 46.2 Å². The van der Waals surface area contributed by atoms with Crippen LogP contribution < -0.4 is 0 Å². The zero-order chi connectivity index (χ0) is 20.1. The van der Waals surface area contributed by atoms with Gasteiger partial charge in [-0.1, -0.05) is 12.1 Å². The number of aryl methyl sites for hydroxylation is 2. The Bertz CT molecular complexity index is 1200. The normalized spacial score (nSPS) is 17.3. The summed E-state index contributed by atoms with van der Waals surface area (Å²) in [5.41, 5.74) is 6.49. The molecule has 1 N–H and O–H groups in total. The fourth-order valence-electron chi connectivity index (χ4n) is 4.62. The highest BCUT2D eigenvalue weighted by atomic mass is 16.2. The lowest BCUT2D eigenvalue weighted by Gasteiger charge is -2.32. The molecule has 4 aromatic rings. The Morgan fingerprint density at radius 3 is 2.83 bits per heavy atom. The first-order chi connectivity index (χ1) is 14.0. The number of carbonyl (C=O) groups excluding carboxylic acids is 1. The predicted octanol–water partition coefficient (Wildman–Crippen LogP) is 4.69. The van der Waals surface area contributed by atoms with E-state index in [4.69, 9.17) is 4.98 Å². The summed E-state index contributed by atoms with van der Waals surface area (Å²) in [5.74, 6) is 1.37. The fraction of sp³-hybridized carbons (Fsp3) is 0.333. The molecule has 5 nitrogen and oxygen atoms in total. The third-order valence-electron chi connectivity index (χ3n) is 6.56. The Morgan fingerprint density at radius 1 is 1.17 bits per heavy atom. The fourth-order valence-corrected chi connectivity index (χ4v) is 4.62. The highest BCUT2D eigenvalue weighted by molar-refractivity contribution is 5.99. The number of imidazole rings is 1. The van der Waals surface area contributed by atoms with Crippen molar-refractivity contribution in [2.75, 3.05) is 13.1 Å². The molecule has 1 aliphatic heterocycles. The third-order valence-corrected chi connectivity index (χ3v) is 6.56. The number of piperidine rings is 1. The second-order valence-electron chi connectivity index (χ2n) is 8.23. The molecular weight excluding hydrogens is 360 g/mol. The van der Waals surface area contributed by atoms with Crippen LogP contribution in [0.5, 0.6) is 0 Å². The highest BCUT2D eigenvalue weighted by Crippen LogP contribution is 2.29. The Morgan fingerprint density at radius 2 is 2.00 bits per heavy atom. The monoisotopic (exact) mass is 386 g/mol. The zero-order valence-electron chi connectivity index (χ0n) is 17.2. The van der Waals surface area contributed by atoms with E-state index in [1.54, 1.807) is 0 Å². The Balaban J connectivity index is 1.42. The van der Waals surface area contributed by atoms with Gasteiger partial charge in [0.15, 0.2) is 0 Å². The highest BCUT2D eigenvalue weighted by Gasteiger charge is 2.27. The number of aromatic nitrogens is 3. The summed E-state index contributed by atoms with van der Waals surface area (Å²) < 4.78 is 2.19. The molecule has 148 valence electrons. The molecule has 1 aliphatic rings. The summed E-state index contributed by atoms with van der Waals surface area (Å²) in [7, 11) is 2.08. The van der Waals surface area contributed by atoms with Crippen molar-refractivity contribution in [2.45, 2.75) is 32.6 Å². The van der Waals surface area contributed by atoms with Gasteiger partial charge in [0, 0.05) is 48.2 Å². The molecule has 3 heterocycles. The number of benzene rings is 2. The first kappa shape index (κ1) is 18.0. The summed E-state index contributed by atoms with van der Waals surface area (Å²) >= 11 is 0. The van der Waals surface area contributed by atoms with Gasteiger partial charge in [0.25, 0.3) is 5.91 Å². The lowest BCUT2D eigenvalue weighted by molar-refractivity contribution is 0.0705. The van der Waals surface area contributed by atoms with Gasteiger partial charge in [0.2, 0.25) is 0 Å². The molecule has 0 bridgehead atoms. The molecule has 5 heteroatoms. The van der Waals surface area contributed by atoms with E-state index in [1.165, 1.54) is 22.2 Å². The van der Waals surface area contributed by atoms with E-state index in [0.29, 0.717) is 6.54 Å². The number of amides is 1. The van der Waals surface area contributed by atoms with Crippen LogP contribution in [0.4, 0.5) is 0 Å². The average molecular weight is 386 g/mol. The third kappa shape index (κ3) is 2.92. The largest absolute Gasteiger partial charge is 0.348 e. The molecule has 5 rings (SSSR count). The quantitative estimate of drug-likeness (QED) is 0.543. The van der Waals surface area contributed by atoms with Crippen molar-refractivity contribution in [3.05, 3.63) is 65.1 Å². The first-order valence-electron chi connectivity index (χ1n) is 10.3. The second kappa shape index (κ2) is 6.76. The van der Waals surface area contributed by atoms with Crippen LogP contribution in [0.15, 0.2) is 42.5 Å². The number of rotatable bonds is 2. The van der Waals surface area contributed by atoms with E-state index in [9.17, 15) is 4.79 Å². The van der Waals surface area contributed by atoms with Crippen molar-refractivity contribution < 1.29 is 4.79 Å². The van der Waals surface area contributed by atoms with Crippen molar-refractivity contribution in [3.8, 4) is 0 Å². The standard InChI is InChI=1S/C24H26N4O/c1-15-16(2)27(3)22-11-10-17(13-19(15)22)24(29)28-12-6-7-18(14-28)23-25-20-8-4-5-9-21(20)26-23/h4-5,8-11,13,18H,6-7,12,14H2,1-3H3,(H,25,26). The molecular formula is C24H26N4O. The van der Waals surface area contributed by atoms with Gasteiger partial charge in [0.05, 0.1) is 11.0 Å². The van der Waals surface area contributed by atoms with Crippen LogP contribution >= 0.6 is 0 Å². The topological polar surface area (TPSA) is 53.9 Å². The average Bonchev–Trinajstić information content (AvgIpc) is 3.29. The van der Waals surface area contributed by atoms with Gasteiger partial charge in [-0.25, -0.2) is 4.98 Å². The summed E-state index contributed by atoms with van der Waals surface area (Å²) in [6.45, 7) is 5.77. The maximum absolute atomic E-state index is 13.3. The Hall–Kier alpha value is -3.08. The molecule has 2 aromatic heterocycles. The van der Waals surface area contributed by atoms with E-state index in [2.05, 4.69) is 48.6 Å². The molecule has 1 atom stereocenters. The number of likely N-dealkylation sites (tertiary alicyclic amines) is 1. The number of aromatic amines is 1. The van der Waals surface area contributed by atoms with Gasteiger partial charge in [-0.05, 0) is 62.6 Å². The number of hydrogen-bond donors (Lipinski definition) is 1. The maximum atomic E-state index is 13.3. The number of para-hydroxylation sites is 2. The number of nitrogens with zero attached hydrogens (tertiary/aromatic N) is 3. The molecule has 1 amide bonds. The predicted molar refractivity (Wildman–Crippen MR) is 116 cm³/mol. The van der Waals surface area contributed by atoms with Gasteiger partial charge in [-0.15, -0.1) is 0 Å². The molecule has 1 saturated heterocycles. The lowest BCUT2D eigenvalue weighted by atomic mass is 9.96. The summed E-state index contributed by atoms with van der Waals surface area (Å²) in [6.07, 6.45) is 2.05. The zero-order valence-corrected chi connectivity index (χ0v) is 17.2. The van der Waals surface area contributed by atoms with Crippen LogP contribution in [0, 0.1) is 13.8 Å². The molecule has 2 aromatic carbocycles. The van der Waals surface area contributed by atoms with Crippen LogP contribution in [-0.2, 0) is 7.05 Å². The minimum atomic E-state index is 0.119. The maximum Gasteiger partial charge on any atom is 0.253 e. The van der Waals surface area contributed by atoms with E-state index in [-0.39, 0.29) is 11.8 Å². The van der Waals surface area contributed by atoms with Crippen molar-refractivity contribution in [3.63, 3.8) is 0 Å². The number of hydrogen-bond acceptors (Lipinski definition) is 2. The van der Waals surface area contributed by atoms with Crippen LogP contribution in [0.25, 0.3) is 21.9 Å². The smallest absolute Gasteiger partial charge is 0.253 e. The summed E-state index contributed by atoms with van der Waals surface area (Å²) in [4.78, 5) is 23.5. The number of carbonyl (C=O) groups is 1. The molecule has 0 saturated carbocycles. The van der Waals surface area contributed by atoms with Gasteiger partial charge in [-0.2, -0.15) is 0 Å². The molecule has 0 aliphatic carbocycles. The van der Waals surface area contributed by atoms with Crippen LogP contribution in [-0.4, -0.2) is 38.4 Å². The van der Waals surface area contributed by atoms with Crippen LogP contribution in [0.3, 0.4) is 0 Å². The van der Waals surface area contributed by atoms with Gasteiger partial charge in [0.1, 0.15) is 5.82 Å². The van der Waals surface area contributed by atoms with Crippen molar-refractivity contribution in [2.24, 2.45) is 7.05 Å². The van der Waals surface area contributed by atoms with E-state index < -0.39 is 0 Å². The second-order valence-corrected chi connectivity index (χ2v) is 8.23. The minimum absolute atomic E-state index is 0.119. The Kier molecular flexibility index (Phi) is 4.19. The lowest BCUT2D eigenvalue weighted by Crippen LogP contribution is -2.39. The molecule has 0 radical (unpaired) electrons. The SMILES string of the molecule is Cc1c(C)n(C)c2ccc(C(=O)N3CCCC(c4nc5ccccc5[nH]4)C3)cc12. The van der Waals surface area contributed by atoms with Crippen molar-refractivity contribution >= 4 is 27.8 Å². The number of H-pyrrole nitrogens is 1. The van der Waals surface area contributed by atoms with E-state index in [1.807, 2.05) is 29.2 Å². The van der Waals surface area contributed by atoms with E-state index in [0.717, 1.165) is 41.8 Å². The van der Waals surface area contributed by atoms with E-state index >= 15 is 0 Å². The molecule has 1 fully saturated rings. The molecule has 1 unspecified atom stereocenters. The Labute approximate surface area is 170 Å². The minimum Gasteiger partial charge on any atom is -0.348 e. The first-order valence-corrected chi connectivity index (χ1v) is 10.3. The number of fused-ring (bicyclic) bond motifs is 2. The van der Waals surface area contributed by atoms with Gasteiger partial charge >= 0.3 is 0 Å². The summed E-state index contributed by atoms with van der Waals surface area (Å²) in [5, 5.41) is 1.17. The van der Waals surface area contributed by atoms with Gasteiger partial charge in [-0.3, -0.25) is 4.79 Å².